The largest absolute Gasteiger partial charge is 0.379 e. The lowest BCUT2D eigenvalue weighted by Gasteiger charge is -2.26. The summed E-state index contributed by atoms with van der Waals surface area (Å²) in [6, 6.07) is 12.1. The van der Waals surface area contributed by atoms with Gasteiger partial charge in [0.15, 0.2) is 0 Å². The van der Waals surface area contributed by atoms with E-state index >= 15 is 0 Å². The Hall–Kier alpha value is -1.93. The number of carbonyl (C=O) groups excluding carboxylic acids is 1. The normalized spacial score (nSPS) is 15.4. The van der Waals surface area contributed by atoms with E-state index in [2.05, 4.69) is 5.32 Å². The molecule has 150 valence electrons. The first-order chi connectivity index (χ1) is 13.4. The number of morpholine rings is 1. The first-order valence-corrected chi connectivity index (χ1v) is 10.9. The fourth-order valence-corrected chi connectivity index (χ4v) is 4.54. The molecule has 1 N–H and O–H groups in total. The second kappa shape index (κ2) is 9.05. The van der Waals surface area contributed by atoms with Gasteiger partial charge in [-0.15, -0.1) is 0 Å². The number of hydrogen-bond donors (Lipinski definition) is 1. The van der Waals surface area contributed by atoms with Crippen molar-refractivity contribution in [2.45, 2.75) is 24.7 Å². The molecule has 1 aliphatic rings. The van der Waals surface area contributed by atoms with Crippen molar-refractivity contribution in [2.75, 3.05) is 31.6 Å². The highest BCUT2D eigenvalue weighted by Gasteiger charge is 2.26. The second-order valence-electron chi connectivity index (χ2n) is 6.67. The van der Waals surface area contributed by atoms with Gasteiger partial charge in [0, 0.05) is 30.2 Å². The standard InChI is InChI=1S/C20H23ClN2O4S/c1-15-2-6-17(21)14-19(15)22-20(24)9-5-16-3-7-18(8-4-16)28(25,26)23-10-12-27-13-11-23/h2-4,6-8,14H,5,9-13H2,1H3,(H,22,24). The molecule has 3 rings (SSSR count). The predicted molar refractivity (Wildman–Crippen MR) is 109 cm³/mol. The molecule has 0 atom stereocenters. The third-order valence-electron chi connectivity index (χ3n) is 4.65. The smallest absolute Gasteiger partial charge is 0.243 e. The Morgan fingerprint density at radius 1 is 1.14 bits per heavy atom. The number of amides is 1. The number of rotatable bonds is 6. The van der Waals surface area contributed by atoms with Crippen molar-refractivity contribution in [3.8, 4) is 0 Å². The topological polar surface area (TPSA) is 75.7 Å². The molecule has 1 amide bonds. The molecule has 8 heteroatoms. The Bertz CT molecular complexity index is 939. The van der Waals surface area contributed by atoms with Crippen molar-refractivity contribution >= 4 is 33.2 Å². The molecule has 2 aromatic rings. The number of halogens is 1. The number of anilines is 1. The first-order valence-electron chi connectivity index (χ1n) is 9.09. The summed E-state index contributed by atoms with van der Waals surface area (Å²) in [4.78, 5) is 12.5. The van der Waals surface area contributed by atoms with E-state index in [0.29, 0.717) is 49.9 Å². The maximum absolute atomic E-state index is 12.6. The lowest BCUT2D eigenvalue weighted by Crippen LogP contribution is -2.40. The van der Waals surface area contributed by atoms with Gasteiger partial charge in [0.1, 0.15) is 0 Å². The lowest BCUT2D eigenvalue weighted by molar-refractivity contribution is -0.116. The first kappa shape index (κ1) is 20.8. The van der Waals surface area contributed by atoms with Crippen LogP contribution in [-0.4, -0.2) is 44.9 Å². The van der Waals surface area contributed by atoms with E-state index in [1.165, 1.54) is 4.31 Å². The van der Waals surface area contributed by atoms with E-state index in [-0.39, 0.29) is 10.8 Å². The van der Waals surface area contributed by atoms with E-state index in [9.17, 15) is 13.2 Å². The summed E-state index contributed by atoms with van der Waals surface area (Å²) >= 11 is 5.97. The van der Waals surface area contributed by atoms with Gasteiger partial charge in [0.05, 0.1) is 18.1 Å². The molecule has 0 spiro atoms. The zero-order valence-electron chi connectivity index (χ0n) is 15.7. The van der Waals surface area contributed by atoms with Crippen LogP contribution in [0.4, 0.5) is 5.69 Å². The molecule has 0 saturated carbocycles. The summed E-state index contributed by atoms with van der Waals surface area (Å²) in [5.74, 6) is -0.115. The summed E-state index contributed by atoms with van der Waals surface area (Å²) in [7, 11) is -3.50. The predicted octanol–water partition coefficient (Wildman–Crippen LogP) is 3.24. The van der Waals surface area contributed by atoms with E-state index in [4.69, 9.17) is 16.3 Å². The molecule has 0 radical (unpaired) electrons. The van der Waals surface area contributed by atoms with Crippen LogP contribution >= 0.6 is 11.6 Å². The van der Waals surface area contributed by atoms with Gasteiger partial charge in [-0.25, -0.2) is 8.42 Å². The SMILES string of the molecule is Cc1ccc(Cl)cc1NC(=O)CCc1ccc(S(=O)(=O)N2CCOCC2)cc1. The summed E-state index contributed by atoms with van der Waals surface area (Å²) < 4.78 is 31.9. The van der Waals surface area contributed by atoms with Gasteiger partial charge in [-0.05, 0) is 48.7 Å². The van der Waals surface area contributed by atoms with Crippen molar-refractivity contribution in [3.05, 3.63) is 58.6 Å². The Labute approximate surface area is 170 Å². The number of benzene rings is 2. The molecule has 0 bridgehead atoms. The Morgan fingerprint density at radius 2 is 1.82 bits per heavy atom. The minimum Gasteiger partial charge on any atom is -0.379 e. The number of ether oxygens (including phenoxy) is 1. The highest BCUT2D eigenvalue weighted by atomic mass is 35.5. The molecule has 0 aliphatic carbocycles. The van der Waals surface area contributed by atoms with Crippen LogP contribution in [0.25, 0.3) is 0 Å². The molecule has 0 aromatic heterocycles. The molecular weight excluding hydrogens is 400 g/mol. The van der Waals surface area contributed by atoms with Crippen LogP contribution < -0.4 is 5.32 Å². The minimum absolute atomic E-state index is 0.115. The summed E-state index contributed by atoms with van der Waals surface area (Å²) in [5.41, 5.74) is 2.54. The van der Waals surface area contributed by atoms with Crippen LogP contribution in [0.3, 0.4) is 0 Å². The van der Waals surface area contributed by atoms with E-state index in [0.717, 1.165) is 11.1 Å². The van der Waals surface area contributed by atoms with Gasteiger partial charge in [-0.2, -0.15) is 4.31 Å². The monoisotopic (exact) mass is 422 g/mol. The summed E-state index contributed by atoms with van der Waals surface area (Å²) in [5, 5.41) is 3.43. The third-order valence-corrected chi connectivity index (χ3v) is 6.79. The zero-order chi connectivity index (χ0) is 20.1. The Balaban J connectivity index is 1.58. The van der Waals surface area contributed by atoms with Crippen molar-refractivity contribution in [1.29, 1.82) is 0 Å². The van der Waals surface area contributed by atoms with Crippen molar-refractivity contribution in [1.82, 2.24) is 4.31 Å². The van der Waals surface area contributed by atoms with Gasteiger partial charge >= 0.3 is 0 Å². The molecule has 28 heavy (non-hydrogen) atoms. The summed E-state index contributed by atoms with van der Waals surface area (Å²) in [6.45, 7) is 3.47. The highest BCUT2D eigenvalue weighted by molar-refractivity contribution is 7.89. The van der Waals surface area contributed by atoms with E-state index in [1.54, 1.807) is 36.4 Å². The maximum atomic E-state index is 12.6. The molecule has 0 unspecified atom stereocenters. The summed E-state index contributed by atoms with van der Waals surface area (Å²) in [6.07, 6.45) is 0.810. The lowest BCUT2D eigenvalue weighted by atomic mass is 10.1. The van der Waals surface area contributed by atoms with Crippen LogP contribution in [0.1, 0.15) is 17.5 Å². The van der Waals surface area contributed by atoms with Gasteiger partial charge in [0.25, 0.3) is 0 Å². The Morgan fingerprint density at radius 3 is 2.50 bits per heavy atom. The molecular formula is C20H23ClN2O4S. The van der Waals surface area contributed by atoms with Crippen LogP contribution in [0.2, 0.25) is 5.02 Å². The van der Waals surface area contributed by atoms with Gasteiger partial charge in [0.2, 0.25) is 15.9 Å². The molecule has 1 heterocycles. The molecule has 6 nitrogen and oxygen atoms in total. The number of carbonyl (C=O) groups is 1. The highest BCUT2D eigenvalue weighted by Crippen LogP contribution is 2.21. The van der Waals surface area contributed by atoms with Crippen LogP contribution in [-0.2, 0) is 26.0 Å². The molecule has 1 aliphatic heterocycles. The molecule has 2 aromatic carbocycles. The number of aryl methyl sites for hydroxylation is 2. The van der Waals surface area contributed by atoms with Gasteiger partial charge in [-0.1, -0.05) is 29.8 Å². The molecule has 1 fully saturated rings. The number of nitrogens with zero attached hydrogens (tertiary/aromatic N) is 1. The Kier molecular flexibility index (Phi) is 6.72. The fraction of sp³-hybridized carbons (Fsp3) is 0.350. The average Bonchev–Trinajstić information content (AvgIpc) is 2.70. The quantitative estimate of drug-likeness (QED) is 0.775. The van der Waals surface area contributed by atoms with Crippen molar-refractivity contribution in [3.63, 3.8) is 0 Å². The van der Waals surface area contributed by atoms with Crippen LogP contribution in [0.5, 0.6) is 0 Å². The number of sulfonamides is 1. The van der Waals surface area contributed by atoms with Crippen LogP contribution in [0.15, 0.2) is 47.4 Å². The fourth-order valence-electron chi connectivity index (χ4n) is 2.96. The van der Waals surface area contributed by atoms with Gasteiger partial charge in [-0.3, -0.25) is 4.79 Å². The zero-order valence-corrected chi connectivity index (χ0v) is 17.2. The van der Waals surface area contributed by atoms with Crippen molar-refractivity contribution < 1.29 is 17.9 Å². The van der Waals surface area contributed by atoms with E-state index in [1.807, 2.05) is 13.0 Å². The van der Waals surface area contributed by atoms with E-state index < -0.39 is 10.0 Å². The molecule has 1 saturated heterocycles. The third kappa shape index (κ3) is 5.11. The number of hydrogen-bond acceptors (Lipinski definition) is 4. The van der Waals surface area contributed by atoms with Crippen molar-refractivity contribution in [2.24, 2.45) is 0 Å². The average molecular weight is 423 g/mol. The van der Waals surface area contributed by atoms with Gasteiger partial charge < -0.3 is 10.1 Å². The second-order valence-corrected chi connectivity index (χ2v) is 9.04. The number of nitrogens with one attached hydrogen (secondary N) is 1. The van der Waals surface area contributed by atoms with Crippen LogP contribution in [0, 0.1) is 6.92 Å². The minimum atomic E-state index is -3.50. The maximum Gasteiger partial charge on any atom is 0.243 e.